The second-order valence-electron chi connectivity index (χ2n) is 3.69. The second-order valence-corrected chi connectivity index (χ2v) is 3.69. The molecule has 0 aliphatic carbocycles. The van der Waals surface area contributed by atoms with Crippen LogP contribution in [0.1, 0.15) is 19.4 Å². The summed E-state index contributed by atoms with van der Waals surface area (Å²) in [5.41, 5.74) is 4.57. The summed E-state index contributed by atoms with van der Waals surface area (Å²) in [7, 11) is 0. The van der Waals surface area contributed by atoms with Crippen molar-refractivity contribution in [1.82, 2.24) is 0 Å². The maximum atomic E-state index is 12.6. The summed E-state index contributed by atoms with van der Waals surface area (Å²) in [6.07, 6.45) is -0.876. The zero-order valence-corrected chi connectivity index (χ0v) is 9.08. The van der Waals surface area contributed by atoms with Gasteiger partial charge in [0.25, 0.3) is 0 Å². The third kappa shape index (κ3) is 4.01. The largest absolute Gasteiger partial charge is 0.430 e. The lowest BCUT2D eigenvalue weighted by Gasteiger charge is -2.16. The number of amides is 1. The van der Waals surface area contributed by atoms with Crippen LogP contribution in [0.3, 0.4) is 0 Å². The van der Waals surface area contributed by atoms with Crippen molar-refractivity contribution in [3.05, 3.63) is 35.6 Å². The van der Waals surface area contributed by atoms with Gasteiger partial charge in [0.1, 0.15) is 5.82 Å². The van der Waals surface area contributed by atoms with E-state index in [2.05, 4.69) is 11.8 Å². The highest BCUT2D eigenvalue weighted by Crippen LogP contribution is 2.08. The minimum Gasteiger partial charge on any atom is -0.430 e. The smallest absolute Gasteiger partial charge is 0.406 e. The van der Waals surface area contributed by atoms with Crippen molar-refractivity contribution < 1.29 is 13.9 Å². The van der Waals surface area contributed by atoms with Crippen LogP contribution in [0.4, 0.5) is 9.18 Å². The topological polar surface area (TPSA) is 52.3 Å². The molecule has 0 saturated heterocycles. The average molecular weight is 221 g/mol. The summed E-state index contributed by atoms with van der Waals surface area (Å²) in [6, 6.07) is 5.71. The van der Waals surface area contributed by atoms with Crippen molar-refractivity contribution >= 4 is 6.09 Å². The molecular weight excluding hydrogens is 209 g/mol. The first-order chi connectivity index (χ1) is 7.39. The molecule has 1 aromatic rings. The SMILES string of the molecule is CC(C)(C#Cc1ccc(F)cc1)OC(N)=O. The van der Waals surface area contributed by atoms with Crippen molar-refractivity contribution in [2.75, 3.05) is 0 Å². The molecule has 0 saturated carbocycles. The van der Waals surface area contributed by atoms with Gasteiger partial charge in [-0.15, -0.1) is 0 Å². The number of benzene rings is 1. The molecule has 0 heterocycles. The van der Waals surface area contributed by atoms with E-state index in [1.165, 1.54) is 12.1 Å². The Morgan fingerprint density at radius 2 is 1.94 bits per heavy atom. The highest BCUT2D eigenvalue weighted by molar-refractivity contribution is 5.65. The van der Waals surface area contributed by atoms with Crippen LogP contribution in [0, 0.1) is 17.7 Å². The number of ether oxygens (including phenoxy) is 1. The van der Waals surface area contributed by atoms with Crippen molar-refractivity contribution in [3.63, 3.8) is 0 Å². The molecule has 0 aliphatic rings. The predicted molar refractivity (Wildman–Crippen MR) is 58.0 cm³/mol. The number of carbonyl (C=O) groups excluding carboxylic acids is 1. The minimum atomic E-state index is -0.958. The number of carbonyl (C=O) groups is 1. The van der Waals surface area contributed by atoms with E-state index in [0.717, 1.165) is 0 Å². The maximum Gasteiger partial charge on any atom is 0.406 e. The highest BCUT2D eigenvalue weighted by atomic mass is 19.1. The maximum absolute atomic E-state index is 12.6. The molecule has 16 heavy (non-hydrogen) atoms. The van der Waals surface area contributed by atoms with Crippen molar-refractivity contribution in [3.8, 4) is 11.8 Å². The standard InChI is InChI=1S/C12H12FNO2/c1-12(2,16-11(14)15)8-7-9-3-5-10(13)6-4-9/h3-6H,1-2H3,(H2,14,15). The number of nitrogens with two attached hydrogens (primary N) is 1. The Hall–Kier alpha value is -2.02. The molecule has 0 aromatic heterocycles. The first kappa shape index (κ1) is 12.1. The van der Waals surface area contributed by atoms with Crippen LogP contribution < -0.4 is 5.73 Å². The molecule has 0 spiro atoms. The Kier molecular flexibility index (Phi) is 3.51. The quantitative estimate of drug-likeness (QED) is 0.738. The molecule has 0 fully saturated rings. The van der Waals surface area contributed by atoms with Crippen LogP contribution in [0.25, 0.3) is 0 Å². The molecule has 0 unspecified atom stereocenters. The van der Waals surface area contributed by atoms with Gasteiger partial charge >= 0.3 is 6.09 Å². The van der Waals surface area contributed by atoms with E-state index < -0.39 is 11.7 Å². The van der Waals surface area contributed by atoms with E-state index in [1.807, 2.05) is 0 Å². The van der Waals surface area contributed by atoms with E-state index in [1.54, 1.807) is 26.0 Å². The van der Waals surface area contributed by atoms with E-state index in [0.29, 0.717) is 5.56 Å². The van der Waals surface area contributed by atoms with Crippen LogP contribution in [-0.4, -0.2) is 11.7 Å². The average Bonchev–Trinajstić information content (AvgIpc) is 2.15. The fourth-order valence-corrected chi connectivity index (χ4v) is 1.03. The molecule has 3 nitrogen and oxygen atoms in total. The fraction of sp³-hybridized carbons (Fsp3) is 0.250. The number of hydrogen-bond acceptors (Lipinski definition) is 2. The predicted octanol–water partition coefficient (Wildman–Crippen LogP) is 2.05. The van der Waals surface area contributed by atoms with Crippen LogP contribution in [0.2, 0.25) is 0 Å². The molecule has 2 N–H and O–H groups in total. The highest BCUT2D eigenvalue weighted by Gasteiger charge is 2.17. The van der Waals surface area contributed by atoms with Gasteiger partial charge in [-0.25, -0.2) is 9.18 Å². The van der Waals surface area contributed by atoms with Crippen LogP contribution in [0.5, 0.6) is 0 Å². The Morgan fingerprint density at radius 1 is 1.38 bits per heavy atom. The van der Waals surface area contributed by atoms with Gasteiger partial charge < -0.3 is 10.5 Å². The molecule has 84 valence electrons. The Labute approximate surface area is 93.4 Å². The first-order valence-corrected chi connectivity index (χ1v) is 4.66. The number of primary amides is 1. The molecule has 0 radical (unpaired) electrons. The summed E-state index contributed by atoms with van der Waals surface area (Å²) in [6.45, 7) is 3.24. The van der Waals surface area contributed by atoms with Crippen LogP contribution in [-0.2, 0) is 4.74 Å². The Balaban J connectivity index is 2.80. The number of halogens is 1. The van der Waals surface area contributed by atoms with Gasteiger partial charge in [-0.3, -0.25) is 0 Å². The summed E-state index contributed by atoms with van der Waals surface area (Å²) < 4.78 is 17.4. The summed E-state index contributed by atoms with van der Waals surface area (Å²) >= 11 is 0. The van der Waals surface area contributed by atoms with E-state index >= 15 is 0 Å². The molecule has 1 aromatic carbocycles. The molecular formula is C12H12FNO2. The van der Waals surface area contributed by atoms with Gasteiger partial charge in [0, 0.05) is 5.56 Å². The van der Waals surface area contributed by atoms with Gasteiger partial charge in [0.05, 0.1) is 0 Å². The van der Waals surface area contributed by atoms with Gasteiger partial charge in [-0.1, -0.05) is 11.8 Å². The lowest BCUT2D eigenvalue weighted by atomic mass is 10.1. The molecule has 1 rings (SSSR count). The second kappa shape index (κ2) is 4.67. The minimum absolute atomic E-state index is 0.321. The number of rotatable bonds is 1. The fourth-order valence-electron chi connectivity index (χ4n) is 1.03. The number of hydrogen-bond donors (Lipinski definition) is 1. The molecule has 0 atom stereocenters. The Bertz CT molecular complexity index is 440. The molecule has 4 heteroatoms. The first-order valence-electron chi connectivity index (χ1n) is 4.66. The lowest BCUT2D eigenvalue weighted by molar-refractivity contribution is 0.0865. The van der Waals surface area contributed by atoms with Crippen molar-refractivity contribution in [2.45, 2.75) is 19.4 Å². The molecule has 0 bridgehead atoms. The van der Waals surface area contributed by atoms with Crippen molar-refractivity contribution in [2.24, 2.45) is 5.73 Å². The lowest BCUT2D eigenvalue weighted by Crippen LogP contribution is -2.29. The van der Waals surface area contributed by atoms with Crippen LogP contribution in [0.15, 0.2) is 24.3 Å². The van der Waals surface area contributed by atoms with Gasteiger partial charge in [0.2, 0.25) is 0 Å². The third-order valence-electron chi connectivity index (χ3n) is 1.71. The van der Waals surface area contributed by atoms with E-state index in [9.17, 15) is 9.18 Å². The molecule has 0 aliphatic heterocycles. The summed E-state index contributed by atoms with van der Waals surface area (Å²) in [4.78, 5) is 10.6. The third-order valence-corrected chi connectivity index (χ3v) is 1.71. The van der Waals surface area contributed by atoms with Crippen molar-refractivity contribution in [1.29, 1.82) is 0 Å². The van der Waals surface area contributed by atoms with E-state index in [4.69, 9.17) is 10.5 Å². The Morgan fingerprint density at radius 3 is 2.44 bits per heavy atom. The van der Waals surface area contributed by atoms with Gasteiger partial charge in [-0.2, -0.15) is 0 Å². The van der Waals surface area contributed by atoms with Crippen LogP contribution >= 0.6 is 0 Å². The van der Waals surface area contributed by atoms with Gasteiger partial charge in [0.15, 0.2) is 5.60 Å². The zero-order chi connectivity index (χ0) is 12.2. The summed E-state index contributed by atoms with van der Waals surface area (Å²) in [5.74, 6) is 5.18. The summed E-state index contributed by atoms with van der Waals surface area (Å²) in [5, 5.41) is 0. The van der Waals surface area contributed by atoms with E-state index in [-0.39, 0.29) is 5.82 Å². The van der Waals surface area contributed by atoms with Gasteiger partial charge in [-0.05, 0) is 38.1 Å². The normalized spacial score (nSPS) is 10.2. The zero-order valence-electron chi connectivity index (χ0n) is 9.08. The molecule has 1 amide bonds. The monoisotopic (exact) mass is 221 g/mol.